The van der Waals surface area contributed by atoms with Crippen LogP contribution in [0, 0.1) is 12.7 Å². The van der Waals surface area contributed by atoms with Gasteiger partial charge in [-0.3, -0.25) is 9.59 Å². The molecule has 0 N–H and O–H groups in total. The first-order valence-electron chi connectivity index (χ1n) is 7.41. The molecule has 2 amide bonds. The zero-order valence-corrected chi connectivity index (χ0v) is 13.0. The van der Waals surface area contributed by atoms with Crippen LogP contribution in [-0.2, 0) is 4.79 Å². The van der Waals surface area contributed by atoms with E-state index < -0.39 is 11.9 Å². The molecule has 0 bridgehead atoms. The van der Waals surface area contributed by atoms with Crippen molar-refractivity contribution in [1.82, 2.24) is 4.90 Å². The average molecular weight is 316 g/mol. The second kappa shape index (κ2) is 5.87. The maximum Gasteiger partial charge on any atom is 0.290 e. The second-order valence-electron chi connectivity index (χ2n) is 5.60. The highest BCUT2D eigenvalue weighted by molar-refractivity contribution is 6.02. The van der Waals surface area contributed by atoms with Gasteiger partial charge in [-0.05, 0) is 43.7 Å². The third-order valence-electron chi connectivity index (χ3n) is 4.04. The minimum Gasteiger partial charge on any atom is -0.459 e. The Labute approximate surface area is 133 Å². The van der Waals surface area contributed by atoms with Crippen LogP contribution >= 0.6 is 0 Å². The molecule has 2 heterocycles. The Morgan fingerprint density at radius 1 is 1.30 bits per heavy atom. The molecule has 0 saturated carbocycles. The minimum absolute atomic E-state index is 0.194. The molecule has 0 spiro atoms. The maximum absolute atomic E-state index is 14.0. The quantitative estimate of drug-likeness (QED) is 0.856. The maximum atomic E-state index is 14.0. The van der Waals surface area contributed by atoms with Gasteiger partial charge < -0.3 is 14.2 Å². The number of furan rings is 1. The summed E-state index contributed by atoms with van der Waals surface area (Å²) in [5, 5.41) is 0. The van der Waals surface area contributed by atoms with Gasteiger partial charge in [0.15, 0.2) is 5.76 Å². The Morgan fingerprint density at radius 3 is 2.78 bits per heavy atom. The number of anilines is 1. The molecule has 0 aliphatic carbocycles. The zero-order chi connectivity index (χ0) is 16.6. The fourth-order valence-electron chi connectivity index (χ4n) is 2.76. The Bertz CT molecular complexity index is 742. The molecular formula is C17H17FN2O3. The van der Waals surface area contributed by atoms with E-state index in [4.69, 9.17) is 4.42 Å². The van der Waals surface area contributed by atoms with E-state index >= 15 is 0 Å². The number of hydrogen-bond acceptors (Lipinski definition) is 3. The summed E-state index contributed by atoms with van der Waals surface area (Å²) in [5.41, 5.74) is 1.13. The molecule has 1 atom stereocenters. The third-order valence-corrected chi connectivity index (χ3v) is 4.04. The molecule has 2 aromatic rings. The van der Waals surface area contributed by atoms with E-state index in [1.807, 2.05) is 6.92 Å². The van der Waals surface area contributed by atoms with Crippen LogP contribution in [0.2, 0.25) is 0 Å². The number of nitrogens with zero attached hydrogens (tertiary/aromatic N) is 2. The van der Waals surface area contributed by atoms with Gasteiger partial charge in [-0.2, -0.15) is 0 Å². The highest BCUT2D eigenvalue weighted by Gasteiger charge is 2.36. The fourth-order valence-corrected chi connectivity index (χ4v) is 2.76. The Kier molecular flexibility index (Phi) is 3.90. The molecule has 1 saturated heterocycles. The van der Waals surface area contributed by atoms with E-state index in [1.165, 1.54) is 22.1 Å². The average Bonchev–Trinajstić information content (AvgIpc) is 3.06. The molecule has 23 heavy (non-hydrogen) atoms. The topological polar surface area (TPSA) is 53.8 Å². The van der Waals surface area contributed by atoms with E-state index in [9.17, 15) is 14.0 Å². The molecule has 6 heteroatoms. The fraction of sp³-hybridized carbons (Fsp3) is 0.294. The predicted molar refractivity (Wildman–Crippen MR) is 82.7 cm³/mol. The van der Waals surface area contributed by atoms with Crippen molar-refractivity contribution in [3.8, 4) is 0 Å². The molecule has 0 radical (unpaired) electrons. The van der Waals surface area contributed by atoms with Gasteiger partial charge in [0.25, 0.3) is 5.91 Å². The van der Waals surface area contributed by atoms with Gasteiger partial charge in [0.2, 0.25) is 5.91 Å². The second-order valence-corrected chi connectivity index (χ2v) is 5.60. The van der Waals surface area contributed by atoms with E-state index in [2.05, 4.69) is 0 Å². The van der Waals surface area contributed by atoms with Crippen molar-refractivity contribution in [2.75, 3.05) is 18.0 Å². The number of carbonyl (C=O) groups is 2. The Balaban J connectivity index is 1.84. The summed E-state index contributed by atoms with van der Waals surface area (Å²) in [6.07, 6.45) is 1.41. The van der Waals surface area contributed by atoms with Crippen LogP contribution in [0.4, 0.5) is 10.1 Å². The summed E-state index contributed by atoms with van der Waals surface area (Å²) in [6, 6.07) is 7.15. The van der Waals surface area contributed by atoms with E-state index in [0.29, 0.717) is 6.54 Å². The summed E-state index contributed by atoms with van der Waals surface area (Å²) in [7, 11) is 0. The van der Waals surface area contributed by atoms with Crippen molar-refractivity contribution in [3.63, 3.8) is 0 Å². The lowest BCUT2D eigenvalue weighted by molar-refractivity contribution is -0.124. The van der Waals surface area contributed by atoms with Crippen molar-refractivity contribution in [2.45, 2.75) is 19.9 Å². The first kappa shape index (κ1) is 15.3. The summed E-state index contributed by atoms with van der Waals surface area (Å²) in [4.78, 5) is 27.8. The lowest BCUT2D eigenvalue weighted by atomic mass is 10.1. The van der Waals surface area contributed by atoms with Gasteiger partial charge in [-0.25, -0.2) is 4.39 Å². The van der Waals surface area contributed by atoms with Crippen molar-refractivity contribution >= 4 is 17.5 Å². The number of halogens is 1. The SMILES string of the molecule is Cc1ccc(F)c(N2CCN(C(=O)c3ccco3)C(C)C2=O)c1. The largest absolute Gasteiger partial charge is 0.459 e. The molecule has 3 rings (SSSR count). The molecule has 1 aromatic heterocycles. The minimum atomic E-state index is -0.679. The van der Waals surface area contributed by atoms with E-state index in [0.717, 1.165) is 5.56 Å². The van der Waals surface area contributed by atoms with Gasteiger partial charge >= 0.3 is 0 Å². The lowest BCUT2D eigenvalue weighted by Crippen LogP contribution is -2.58. The van der Waals surface area contributed by atoms with Crippen molar-refractivity contribution in [3.05, 3.63) is 53.7 Å². The van der Waals surface area contributed by atoms with Crippen LogP contribution in [0.1, 0.15) is 23.0 Å². The van der Waals surface area contributed by atoms with Gasteiger partial charge in [-0.1, -0.05) is 6.07 Å². The number of carbonyl (C=O) groups excluding carboxylic acids is 2. The molecule has 5 nitrogen and oxygen atoms in total. The van der Waals surface area contributed by atoms with Crippen LogP contribution < -0.4 is 4.90 Å². The van der Waals surface area contributed by atoms with Crippen molar-refractivity contribution < 1.29 is 18.4 Å². The molecule has 1 aromatic carbocycles. The first-order chi connectivity index (χ1) is 11.0. The standard InChI is InChI=1S/C17H17FN2O3/c1-11-5-6-13(18)14(10-11)20-8-7-19(12(2)16(20)21)17(22)15-4-3-9-23-15/h3-6,9-10,12H,7-8H2,1-2H3. The van der Waals surface area contributed by atoms with Gasteiger partial charge in [0.1, 0.15) is 11.9 Å². The lowest BCUT2D eigenvalue weighted by Gasteiger charge is -2.38. The van der Waals surface area contributed by atoms with E-state index in [1.54, 1.807) is 31.2 Å². The molecule has 1 aliphatic heterocycles. The molecule has 1 aliphatic rings. The number of piperazine rings is 1. The third kappa shape index (κ3) is 2.72. The number of benzene rings is 1. The van der Waals surface area contributed by atoms with Crippen LogP contribution in [-0.4, -0.2) is 35.8 Å². The van der Waals surface area contributed by atoms with Gasteiger partial charge in [-0.15, -0.1) is 0 Å². The van der Waals surface area contributed by atoms with Gasteiger partial charge in [0, 0.05) is 13.1 Å². The summed E-state index contributed by atoms with van der Waals surface area (Å²) in [6.45, 7) is 4.05. The van der Waals surface area contributed by atoms with Gasteiger partial charge in [0.05, 0.1) is 12.0 Å². The van der Waals surface area contributed by atoms with Crippen LogP contribution in [0.15, 0.2) is 41.0 Å². The van der Waals surface area contributed by atoms with E-state index in [-0.39, 0.29) is 29.8 Å². The number of amides is 2. The molecule has 1 fully saturated rings. The van der Waals surface area contributed by atoms with Crippen molar-refractivity contribution in [1.29, 1.82) is 0 Å². The highest BCUT2D eigenvalue weighted by atomic mass is 19.1. The van der Waals surface area contributed by atoms with Crippen molar-refractivity contribution in [2.24, 2.45) is 0 Å². The normalized spacial score (nSPS) is 18.4. The zero-order valence-electron chi connectivity index (χ0n) is 13.0. The number of rotatable bonds is 2. The predicted octanol–water partition coefficient (Wildman–Crippen LogP) is 2.60. The Morgan fingerprint density at radius 2 is 2.09 bits per heavy atom. The summed E-state index contributed by atoms with van der Waals surface area (Å²) >= 11 is 0. The number of aryl methyl sites for hydroxylation is 1. The summed E-state index contributed by atoms with van der Waals surface area (Å²) in [5.74, 6) is -0.886. The smallest absolute Gasteiger partial charge is 0.290 e. The molecule has 120 valence electrons. The highest BCUT2D eigenvalue weighted by Crippen LogP contribution is 2.25. The molecular weight excluding hydrogens is 299 g/mol. The Hall–Kier alpha value is -2.63. The van der Waals surface area contributed by atoms with Crippen LogP contribution in [0.25, 0.3) is 0 Å². The van der Waals surface area contributed by atoms with Crippen LogP contribution in [0.3, 0.4) is 0 Å². The van der Waals surface area contributed by atoms with Crippen LogP contribution in [0.5, 0.6) is 0 Å². The summed E-state index contributed by atoms with van der Waals surface area (Å²) < 4.78 is 19.1. The molecule has 1 unspecified atom stereocenters. The number of hydrogen-bond donors (Lipinski definition) is 0. The monoisotopic (exact) mass is 316 g/mol. The first-order valence-corrected chi connectivity index (χ1v) is 7.41.